The highest BCUT2D eigenvalue weighted by Gasteiger charge is 2.21. The predicted molar refractivity (Wildman–Crippen MR) is 114 cm³/mol. The summed E-state index contributed by atoms with van der Waals surface area (Å²) in [7, 11) is 1.66. The van der Waals surface area contributed by atoms with Gasteiger partial charge in [-0.2, -0.15) is 0 Å². The van der Waals surface area contributed by atoms with Gasteiger partial charge >= 0.3 is 0 Å². The third kappa shape index (κ3) is 5.28. The number of hydrogen-bond acceptors (Lipinski definition) is 3. The van der Waals surface area contributed by atoms with Crippen LogP contribution >= 0.6 is 0 Å². The van der Waals surface area contributed by atoms with Gasteiger partial charge in [-0.25, -0.2) is 0 Å². The second-order valence-corrected chi connectivity index (χ2v) is 7.65. The molecule has 152 valence electrons. The summed E-state index contributed by atoms with van der Waals surface area (Å²) in [6.07, 6.45) is 0.221. The number of rotatable bonds is 8. The summed E-state index contributed by atoms with van der Waals surface area (Å²) in [5.41, 5.74) is 4.35. The Morgan fingerprint density at radius 3 is 2.32 bits per heavy atom. The second kappa shape index (κ2) is 9.63. The maximum absolute atomic E-state index is 12.8. The van der Waals surface area contributed by atoms with E-state index in [9.17, 15) is 4.79 Å². The Morgan fingerprint density at radius 1 is 1.04 bits per heavy atom. The molecular weight excluding hydrogens is 350 g/mol. The maximum Gasteiger partial charge on any atom is 0.261 e. The van der Waals surface area contributed by atoms with E-state index in [-0.39, 0.29) is 11.9 Å². The molecule has 2 aromatic carbocycles. The van der Waals surface area contributed by atoms with E-state index in [2.05, 4.69) is 44.3 Å². The number of carbonyl (C=O) groups is 1. The van der Waals surface area contributed by atoms with Crippen molar-refractivity contribution in [3.05, 3.63) is 58.7 Å². The van der Waals surface area contributed by atoms with Crippen LogP contribution in [-0.2, 0) is 4.79 Å². The molecule has 0 radical (unpaired) electrons. The Morgan fingerprint density at radius 2 is 1.75 bits per heavy atom. The number of ether oxygens (including phenoxy) is 2. The van der Waals surface area contributed by atoms with Gasteiger partial charge in [-0.3, -0.25) is 4.79 Å². The van der Waals surface area contributed by atoms with Crippen molar-refractivity contribution in [2.24, 2.45) is 0 Å². The van der Waals surface area contributed by atoms with Crippen molar-refractivity contribution in [3.63, 3.8) is 0 Å². The average molecular weight is 384 g/mol. The van der Waals surface area contributed by atoms with E-state index in [1.165, 1.54) is 0 Å². The summed E-state index contributed by atoms with van der Waals surface area (Å²) in [5, 5.41) is 3.13. The number of aryl methyl sites for hydroxylation is 2. The average Bonchev–Trinajstić information content (AvgIpc) is 2.65. The minimum absolute atomic E-state index is 0.0646. The summed E-state index contributed by atoms with van der Waals surface area (Å²) in [6, 6.07) is 12.1. The van der Waals surface area contributed by atoms with Gasteiger partial charge in [0.1, 0.15) is 11.5 Å². The third-order valence-corrected chi connectivity index (χ3v) is 5.01. The normalized spacial score (nSPS) is 13.1. The highest BCUT2D eigenvalue weighted by molar-refractivity contribution is 5.81. The standard InChI is InChI=1S/C24H33NO3/c1-8-21(19-10-12-22(27-7)17(5)14-19)25-24(26)18(6)28-23-13-16(4)9-11-20(23)15(2)3/h9-15,18,21H,8H2,1-7H3,(H,25,26). The molecule has 0 spiro atoms. The zero-order chi connectivity index (χ0) is 20.8. The molecule has 0 fully saturated rings. The summed E-state index contributed by atoms with van der Waals surface area (Å²) < 4.78 is 11.4. The van der Waals surface area contributed by atoms with Gasteiger partial charge in [0.15, 0.2) is 6.10 Å². The van der Waals surface area contributed by atoms with Gasteiger partial charge in [0.05, 0.1) is 13.2 Å². The largest absolute Gasteiger partial charge is 0.496 e. The van der Waals surface area contributed by atoms with Crippen LogP contribution in [0.5, 0.6) is 11.5 Å². The van der Waals surface area contributed by atoms with Crippen molar-refractivity contribution in [2.45, 2.75) is 66.0 Å². The molecular formula is C24H33NO3. The molecule has 4 nitrogen and oxygen atoms in total. The summed E-state index contributed by atoms with van der Waals surface area (Å²) in [4.78, 5) is 12.8. The van der Waals surface area contributed by atoms with E-state index in [0.717, 1.165) is 40.2 Å². The first kappa shape index (κ1) is 21.8. The van der Waals surface area contributed by atoms with Crippen molar-refractivity contribution >= 4 is 5.91 Å². The summed E-state index contributed by atoms with van der Waals surface area (Å²) in [5.74, 6) is 1.85. The SMILES string of the molecule is CCC(NC(=O)C(C)Oc1cc(C)ccc1C(C)C)c1ccc(OC)c(C)c1. The lowest BCUT2D eigenvalue weighted by atomic mass is 10.0. The molecule has 1 N–H and O–H groups in total. The van der Waals surface area contributed by atoms with Crippen molar-refractivity contribution < 1.29 is 14.3 Å². The predicted octanol–water partition coefficient (Wildman–Crippen LogP) is 5.47. The van der Waals surface area contributed by atoms with Gasteiger partial charge in [-0.05, 0) is 67.5 Å². The lowest BCUT2D eigenvalue weighted by Gasteiger charge is -2.23. The molecule has 4 heteroatoms. The molecule has 28 heavy (non-hydrogen) atoms. The molecule has 0 heterocycles. The van der Waals surface area contributed by atoms with E-state index >= 15 is 0 Å². The van der Waals surface area contributed by atoms with Crippen LogP contribution in [0.15, 0.2) is 36.4 Å². The van der Waals surface area contributed by atoms with Crippen LogP contribution in [0.25, 0.3) is 0 Å². The van der Waals surface area contributed by atoms with Gasteiger partial charge in [0, 0.05) is 0 Å². The van der Waals surface area contributed by atoms with Crippen LogP contribution in [0.2, 0.25) is 0 Å². The van der Waals surface area contributed by atoms with Crippen LogP contribution in [0.4, 0.5) is 0 Å². The molecule has 2 unspecified atom stereocenters. The highest BCUT2D eigenvalue weighted by Crippen LogP contribution is 2.29. The van der Waals surface area contributed by atoms with Crippen molar-refractivity contribution in [3.8, 4) is 11.5 Å². The molecule has 2 aromatic rings. The highest BCUT2D eigenvalue weighted by atomic mass is 16.5. The zero-order valence-corrected chi connectivity index (χ0v) is 18.1. The molecule has 0 saturated carbocycles. The number of carbonyl (C=O) groups excluding carboxylic acids is 1. The van der Waals surface area contributed by atoms with E-state index in [0.29, 0.717) is 5.92 Å². The fourth-order valence-corrected chi connectivity index (χ4v) is 3.29. The van der Waals surface area contributed by atoms with Gasteiger partial charge in [-0.1, -0.05) is 45.0 Å². The maximum atomic E-state index is 12.8. The molecule has 0 aliphatic heterocycles. The van der Waals surface area contributed by atoms with Crippen molar-refractivity contribution in [1.82, 2.24) is 5.32 Å². The van der Waals surface area contributed by atoms with E-state index in [1.807, 2.05) is 32.0 Å². The molecule has 0 saturated heterocycles. The molecule has 2 rings (SSSR count). The first-order valence-corrected chi connectivity index (χ1v) is 9.98. The Labute approximate surface area is 169 Å². The van der Waals surface area contributed by atoms with Crippen LogP contribution < -0.4 is 14.8 Å². The molecule has 2 atom stereocenters. The number of amides is 1. The second-order valence-electron chi connectivity index (χ2n) is 7.65. The van der Waals surface area contributed by atoms with Gasteiger partial charge < -0.3 is 14.8 Å². The number of methoxy groups -OCH3 is 1. The number of hydrogen-bond donors (Lipinski definition) is 1. The number of nitrogens with one attached hydrogen (secondary N) is 1. The van der Waals surface area contributed by atoms with Gasteiger partial charge in [0.2, 0.25) is 0 Å². The fourth-order valence-electron chi connectivity index (χ4n) is 3.29. The Balaban J connectivity index is 2.12. The van der Waals surface area contributed by atoms with Crippen LogP contribution in [0.3, 0.4) is 0 Å². The molecule has 0 aliphatic rings. The Kier molecular flexibility index (Phi) is 7.50. The zero-order valence-electron chi connectivity index (χ0n) is 18.1. The molecule has 0 aliphatic carbocycles. The lowest BCUT2D eigenvalue weighted by molar-refractivity contribution is -0.128. The van der Waals surface area contributed by atoms with Crippen molar-refractivity contribution in [2.75, 3.05) is 7.11 Å². The molecule has 0 bridgehead atoms. The number of benzene rings is 2. The quantitative estimate of drug-likeness (QED) is 0.657. The topological polar surface area (TPSA) is 47.6 Å². The summed E-state index contributed by atoms with van der Waals surface area (Å²) >= 11 is 0. The van der Waals surface area contributed by atoms with Gasteiger partial charge in [-0.15, -0.1) is 0 Å². The van der Waals surface area contributed by atoms with Crippen molar-refractivity contribution in [1.29, 1.82) is 0 Å². The van der Waals surface area contributed by atoms with Gasteiger partial charge in [0.25, 0.3) is 5.91 Å². The fraction of sp³-hybridized carbons (Fsp3) is 0.458. The lowest BCUT2D eigenvalue weighted by Crippen LogP contribution is -2.38. The Hall–Kier alpha value is -2.49. The monoisotopic (exact) mass is 383 g/mol. The van der Waals surface area contributed by atoms with Crippen LogP contribution in [-0.4, -0.2) is 19.1 Å². The van der Waals surface area contributed by atoms with Crippen LogP contribution in [0.1, 0.15) is 68.3 Å². The summed E-state index contributed by atoms with van der Waals surface area (Å²) in [6.45, 7) is 12.2. The third-order valence-electron chi connectivity index (χ3n) is 5.01. The smallest absolute Gasteiger partial charge is 0.261 e. The molecule has 1 amide bonds. The van der Waals surface area contributed by atoms with E-state index in [1.54, 1.807) is 14.0 Å². The van der Waals surface area contributed by atoms with E-state index < -0.39 is 6.10 Å². The Bertz CT molecular complexity index is 813. The first-order chi connectivity index (χ1) is 13.3. The minimum Gasteiger partial charge on any atom is -0.496 e. The minimum atomic E-state index is -0.576. The molecule has 0 aromatic heterocycles. The van der Waals surface area contributed by atoms with E-state index in [4.69, 9.17) is 9.47 Å². The van der Waals surface area contributed by atoms with Crippen LogP contribution in [0, 0.1) is 13.8 Å². The first-order valence-electron chi connectivity index (χ1n) is 9.98.